The smallest absolute Gasteiger partial charge is 0.322 e. The summed E-state index contributed by atoms with van der Waals surface area (Å²) < 4.78 is 5.36. The van der Waals surface area contributed by atoms with Gasteiger partial charge in [0.05, 0.1) is 12.8 Å². The van der Waals surface area contributed by atoms with Gasteiger partial charge < -0.3 is 15.0 Å². The van der Waals surface area contributed by atoms with Gasteiger partial charge in [-0.15, -0.1) is 6.58 Å². The Morgan fingerprint density at radius 3 is 2.78 bits per heavy atom. The molecule has 0 aliphatic carbocycles. The summed E-state index contributed by atoms with van der Waals surface area (Å²) in [6.07, 6.45) is 1.91. The minimum absolute atomic E-state index is 0.0739. The molecule has 5 heteroatoms. The fourth-order valence-electron chi connectivity index (χ4n) is 3.05. The van der Waals surface area contributed by atoms with E-state index in [1.54, 1.807) is 7.11 Å². The zero-order valence-corrected chi connectivity index (χ0v) is 14.5. The fourth-order valence-corrected chi connectivity index (χ4v) is 3.05. The van der Waals surface area contributed by atoms with Crippen molar-refractivity contribution in [2.24, 2.45) is 0 Å². The highest BCUT2D eigenvalue weighted by atomic mass is 16.5. The van der Waals surface area contributed by atoms with Crippen molar-refractivity contribution in [3.8, 4) is 5.75 Å². The number of methoxy groups -OCH3 is 1. The van der Waals surface area contributed by atoms with Gasteiger partial charge in [0.1, 0.15) is 5.75 Å². The molecule has 0 spiro atoms. The number of amides is 2. The topological polar surface area (TPSA) is 44.8 Å². The van der Waals surface area contributed by atoms with Gasteiger partial charge in [0.25, 0.3) is 0 Å². The summed E-state index contributed by atoms with van der Waals surface area (Å²) in [5.41, 5.74) is 1.73. The van der Waals surface area contributed by atoms with Crippen LogP contribution in [-0.2, 0) is 0 Å². The van der Waals surface area contributed by atoms with E-state index in [0.717, 1.165) is 24.3 Å². The van der Waals surface area contributed by atoms with Crippen LogP contribution < -0.4 is 10.1 Å². The normalized spacial score (nSPS) is 21.8. The fraction of sp³-hybridized carbons (Fsp3) is 0.500. The molecule has 126 valence electrons. The first-order valence-electron chi connectivity index (χ1n) is 8.04. The number of carbonyl (C=O) groups excluding carboxylic acids is 1. The quantitative estimate of drug-likeness (QED) is 0.868. The highest BCUT2D eigenvalue weighted by Crippen LogP contribution is 2.28. The van der Waals surface area contributed by atoms with E-state index in [-0.39, 0.29) is 12.1 Å². The van der Waals surface area contributed by atoms with Gasteiger partial charge in [-0.05, 0) is 32.4 Å². The standard InChI is InChI=1S/C18H27N3O2/c1-6-10-20-11-15(4)21(12-14(20)3)18(22)19-17-13(2)8-7-9-16(17)23-5/h6-9,14-15H,1,10-12H2,2-5H3,(H,19,22)/t14-,15-/m1/s1. The largest absolute Gasteiger partial charge is 0.495 e. The second kappa shape index (κ2) is 7.51. The Bertz CT molecular complexity index is 573. The Hall–Kier alpha value is -2.01. The van der Waals surface area contributed by atoms with Crippen LogP contribution in [0.3, 0.4) is 0 Å². The lowest BCUT2D eigenvalue weighted by Gasteiger charge is -2.43. The van der Waals surface area contributed by atoms with E-state index in [1.807, 2.05) is 36.1 Å². The predicted molar refractivity (Wildman–Crippen MR) is 94.1 cm³/mol. The first kappa shape index (κ1) is 17.3. The minimum atomic E-state index is -0.0739. The summed E-state index contributed by atoms with van der Waals surface area (Å²) >= 11 is 0. The van der Waals surface area contributed by atoms with Gasteiger partial charge in [0.15, 0.2) is 0 Å². The molecule has 1 saturated heterocycles. The van der Waals surface area contributed by atoms with Crippen LogP contribution in [0.15, 0.2) is 30.9 Å². The summed E-state index contributed by atoms with van der Waals surface area (Å²) in [5.74, 6) is 0.685. The van der Waals surface area contributed by atoms with E-state index in [9.17, 15) is 4.79 Å². The van der Waals surface area contributed by atoms with Crippen LogP contribution in [0.2, 0.25) is 0 Å². The molecule has 5 nitrogen and oxygen atoms in total. The van der Waals surface area contributed by atoms with E-state index in [2.05, 4.69) is 30.6 Å². The third kappa shape index (κ3) is 3.85. The maximum Gasteiger partial charge on any atom is 0.322 e. The Kier molecular flexibility index (Phi) is 5.66. The molecular weight excluding hydrogens is 290 g/mol. The number of ether oxygens (including phenoxy) is 1. The number of nitrogens with zero attached hydrogens (tertiary/aromatic N) is 2. The second-order valence-electron chi connectivity index (χ2n) is 6.18. The van der Waals surface area contributed by atoms with Gasteiger partial charge in [-0.25, -0.2) is 4.79 Å². The minimum Gasteiger partial charge on any atom is -0.495 e. The average Bonchev–Trinajstić information content (AvgIpc) is 2.52. The lowest BCUT2D eigenvalue weighted by atomic mass is 10.1. The van der Waals surface area contributed by atoms with Gasteiger partial charge in [-0.2, -0.15) is 0 Å². The van der Waals surface area contributed by atoms with Crippen LogP contribution in [0.1, 0.15) is 19.4 Å². The number of aryl methyl sites for hydroxylation is 1. The van der Waals surface area contributed by atoms with Gasteiger partial charge in [0, 0.05) is 31.7 Å². The van der Waals surface area contributed by atoms with E-state index < -0.39 is 0 Å². The van der Waals surface area contributed by atoms with Crippen molar-refractivity contribution in [2.75, 3.05) is 32.1 Å². The SMILES string of the molecule is C=CCN1C[C@@H](C)N(C(=O)Nc2c(C)cccc2OC)C[C@H]1C. The van der Waals surface area contributed by atoms with Crippen molar-refractivity contribution >= 4 is 11.7 Å². The Balaban J connectivity index is 2.11. The third-order valence-electron chi connectivity index (χ3n) is 4.43. The molecule has 2 amide bonds. The zero-order chi connectivity index (χ0) is 17.0. The predicted octanol–water partition coefficient (Wildman–Crippen LogP) is 3.12. The van der Waals surface area contributed by atoms with Crippen LogP contribution in [0.4, 0.5) is 10.5 Å². The first-order valence-corrected chi connectivity index (χ1v) is 8.04. The summed E-state index contributed by atoms with van der Waals surface area (Å²) in [6.45, 7) is 12.4. The molecule has 0 radical (unpaired) electrons. The molecule has 1 aliphatic heterocycles. The molecule has 2 atom stereocenters. The Morgan fingerprint density at radius 1 is 1.39 bits per heavy atom. The van der Waals surface area contributed by atoms with Crippen LogP contribution >= 0.6 is 0 Å². The molecule has 23 heavy (non-hydrogen) atoms. The molecule has 1 heterocycles. The number of hydrogen-bond acceptors (Lipinski definition) is 3. The van der Waals surface area contributed by atoms with Crippen LogP contribution in [-0.4, -0.2) is 54.7 Å². The van der Waals surface area contributed by atoms with E-state index >= 15 is 0 Å². The van der Waals surface area contributed by atoms with Crippen LogP contribution in [0, 0.1) is 6.92 Å². The molecule has 1 N–H and O–H groups in total. The number of piperazine rings is 1. The number of para-hydroxylation sites is 1. The summed E-state index contributed by atoms with van der Waals surface area (Å²) in [4.78, 5) is 17.0. The van der Waals surface area contributed by atoms with Crippen LogP contribution in [0.25, 0.3) is 0 Å². The van der Waals surface area contributed by atoms with Gasteiger partial charge >= 0.3 is 6.03 Å². The number of anilines is 1. The van der Waals surface area contributed by atoms with Gasteiger partial charge in [-0.1, -0.05) is 18.2 Å². The Morgan fingerprint density at radius 2 is 2.13 bits per heavy atom. The molecule has 0 aromatic heterocycles. The Labute approximate surface area is 138 Å². The molecule has 0 saturated carbocycles. The number of carbonyl (C=O) groups is 1. The maximum atomic E-state index is 12.7. The summed E-state index contributed by atoms with van der Waals surface area (Å²) in [6, 6.07) is 6.14. The van der Waals surface area contributed by atoms with Crippen molar-refractivity contribution in [1.82, 2.24) is 9.80 Å². The van der Waals surface area contributed by atoms with Crippen molar-refractivity contribution < 1.29 is 9.53 Å². The summed E-state index contributed by atoms with van der Waals surface area (Å²) in [5, 5.41) is 3.02. The number of rotatable bonds is 4. The third-order valence-corrected chi connectivity index (χ3v) is 4.43. The highest BCUT2D eigenvalue weighted by molar-refractivity contribution is 5.92. The van der Waals surface area contributed by atoms with Crippen molar-refractivity contribution in [3.05, 3.63) is 36.4 Å². The number of hydrogen-bond donors (Lipinski definition) is 1. The zero-order valence-electron chi connectivity index (χ0n) is 14.5. The van der Waals surface area contributed by atoms with Crippen molar-refractivity contribution in [1.29, 1.82) is 0 Å². The molecule has 1 aromatic rings. The molecule has 1 fully saturated rings. The molecule has 0 bridgehead atoms. The number of urea groups is 1. The lowest BCUT2D eigenvalue weighted by molar-refractivity contribution is 0.0765. The molecule has 2 rings (SSSR count). The molecule has 1 aromatic carbocycles. The first-order chi connectivity index (χ1) is 11.0. The lowest BCUT2D eigenvalue weighted by Crippen LogP contribution is -2.58. The number of nitrogens with one attached hydrogen (secondary N) is 1. The second-order valence-corrected chi connectivity index (χ2v) is 6.18. The van der Waals surface area contributed by atoms with Crippen molar-refractivity contribution in [3.63, 3.8) is 0 Å². The van der Waals surface area contributed by atoms with E-state index in [1.165, 1.54) is 0 Å². The maximum absolute atomic E-state index is 12.7. The summed E-state index contributed by atoms with van der Waals surface area (Å²) in [7, 11) is 1.61. The average molecular weight is 317 g/mol. The van der Waals surface area contributed by atoms with E-state index in [0.29, 0.717) is 18.3 Å². The van der Waals surface area contributed by atoms with Gasteiger partial charge in [-0.3, -0.25) is 4.90 Å². The molecule has 1 aliphatic rings. The molecule has 0 unspecified atom stereocenters. The molecular formula is C18H27N3O2. The van der Waals surface area contributed by atoms with Crippen LogP contribution in [0.5, 0.6) is 5.75 Å². The highest BCUT2D eigenvalue weighted by Gasteiger charge is 2.31. The monoisotopic (exact) mass is 317 g/mol. The number of benzene rings is 1. The van der Waals surface area contributed by atoms with E-state index in [4.69, 9.17) is 4.74 Å². The van der Waals surface area contributed by atoms with Crippen molar-refractivity contribution in [2.45, 2.75) is 32.9 Å². The van der Waals surface area contributed by atoms with Gasteiger partial charge in [0.2, 0.25) is 0 Å².